The van der Waals surface area contributed by atoms with Crippen LogP contribution in [0.25, 0.3) is 0 Å². The highest BCUT2D eigenvalue weighted by Crippen LogP contribution is 2.19. The van der Waals surface area contributed by atoms with Gasteiger partial charge in [0.25, 0.3) is 5.56 Å². The normalized spacial score (nSPS) is 9.95. The average Bonchev–Trinajstić information content (AvgIpc) is 2.41. The van der Waals surface area contributed by atoms with Crippen molar-refractivity contribution in [3.63, 3.8) is 0 Å². The summed E-state index contributed by atoms with van der Waals surface area (Å²) in [7, 11) is 1.51. The largest absolute Gasteiger partial charge is 0.495 e. The third-order valence-corrected chi connectivity index (χ3v) is 3.14. The summed E-state index contributed by atoms with van der Waals surface area (Å²) in [5.41, 5.74) is 1.16. The van der Waals surface area contributed by atoms with Crippen LogP contribution >= 0.6 is 22.6 Å². The molecule has 5 nitrogen and oxygen atoms in total. The molecule has 0 aliphatic heterocycles. The minimum atomic E-state index is -0.157. The quantitative estimate of drug-likeness (QED) is 0.776. The van der Waals surface area contributed by atoms with Crippen molar-refractivity contribution in [3.05, 3.63) is 55.5 Å². The lowest BCUT2D eigenvalue weighted by atomic mass is 10.1. The Morgan fingerprint density at radius 1 is 1.47 bits per heavy atom. The molecule has 0 unspecified atom stereocenters. The van der Waals surface area contributed by atoms with Crippen molar-refractivity contribution in [1.82, 2.24) is 9.78 Å². The van der Waals surface area contributed by atoms with Crippen LogP contribution < -0.4 is 10.3 Å². The van der Waals surface area contributed by atoms with E-state index in [-0.39, 0.29) is 5.56 Å². The molecule has 0 radical (unpaired) electrons. The Kier molecular flexibility index (Phi) is 4.16. The molecular weight excluding hydrogens is 357 g/mol. The van der Waals surface area contributed by atoms with Crippen LogP contribution in [0.5, 0.6) is 5.75 Å². The number of halogens is 1. The molecule has 0 fully saturated rings. The zero-order valence-corrected chi connectivity index (χ0v) is 12.3. The molecule has 96 valence electrons. The fraction of sp³-hybridized carbons (Fsp3) is 0.154. The van der Waals surface area contributed by atoms with Crippen LogP contribution in [0.4, 0.5) is 0 Å². The van der Waals surface area contributed by atoms with Crippen molar-refractivity contribution in [2.24, 2.45) is 0 Å². The van der Waals surface area contributed by atoms with Crippen LogP contribution in [-0.2, 0) is 6.54 Å². The van der Waals surface area contributed by atoms with Crippen molar-refractivity contribution >= 4 is 22.6 Å². The first-order valence-electron chi connectivity index (χ1n) is 5.43. The van der Waals surface area contributed by atoms with Gasteiger partial charge in [0.1, 0.15) is 11.8 Å². The van der Waals surface area contributed by atoms with E-state index >= 15 is 0 Å². The topological polar surface area (TPSA) is 67.9 Å². The maximum atomic E-state index is 11.7. The van der Waals surface area contributed by atoms with Crippen LogP contribution in [-0.4, -0.2) is 16.9 Å². The second-order valence-corrected chi connectivity index (χ2v) is 5.06. The lowest BCUT2D eigenvalue weighted by molar-refractivity contribution is 0.412. The van der Waals surface area contributed by atoms with Gasteiger partial charge in [0.15, 0.2) is 0 Å². The smallest absolute Gasteiger partial charge is 0.268 e. The van der Waals surface area contributed by atoms with Crippen LogP contribution in [0.2, 0.25) is 0 Å². The Hall–Kier alpha value is -1.88. The number of hydrogen-bond donors (Lipinski definition) is 0. The van der Waals surface area contributed by atoms with Crippen molar-refractivity contribution < 1.29 is 4.74 Å². The van der Waals surface area contributed by atoms with Gasteiger partial charge in [-0.15, -0.1) is 0 Å². The third-order valence-electron chi connectivity index (χ3n) is 2.55. The van der Waals surface area contributed by atoms with E-state index in [1.807, 2.05) is 28.7 Å². The predicted octanol–water partition coefficient (Wildman–Crippen LogP) is 1.78. The number of methoxy groups -OCH3 is 1. The van der Waals surface area contributed by atoms with E-state index in [1.54, 1.807) is 24.4 Å². The Morgan fingerprint density at radius 3 is 2.89 bits per heavy atom. The van der Waals surface area contributed by atoms with Gasteiger partial charge in [-0.25, -0.2) is 4.68 Å². The molecule has 1 aromatic carbocycles. The number of hydrogen-bond acceptors (Lipinski definition) is 4. The molecule has 0 aliphatic rings. The fourth-order valence-electron chi connectivity index (χ4n) is 1.63. The Bertz CT molecular complexity index is 704. The molecule has 0 aliphatic carbocycles. The molecular formula is C13H10IN3O2. The number of rotatable bonds is 3. The van der Waals surface area contributed by atoms with E-state index in [2.05, 4.69) is 5.10 Å². The summed E-state index contributed by atoms with van der Waals surface area (Å²) in [6, 6.07) is 8.77. The molecule has 0 N–H and O–H groups in total. The molecule has 0 atom stereocenters. The van der Waals surface area contributed by atoms with Gasteiger partial charge in [0.05, 0.1) is 25.4 Å². The molecule has 6 heteroatoms. The lowest BCUT2D eigenvalue weighted by Gasteiger charge is -2.07. The Balaban J connectivity index is 2.34. The molecule has 1 aromatic heterocycles. The van der Waals surface area contributed by atoms with Gasteiger partial charge < -0.3 is 4.74 Å². The van der Waals surface area contributed by atoms with E-state index in [4.69, 9.17) is 10.00 Å². The highest BCUT2D eigenvalue weighted by molar-refractivity contribution is 14.1. The number of nitrogens with zero attached hydrogens (tertiary/aromatic N) is 3. The maximum Gasteiger partial charge on any atom is 0.268 e. The molecule has 0 saturated carbocycles. The lowest BCUT2D eigenvalue weighted by Crippen LogP contribution is -2.22. The van der Waals surface area contributed by atoms with Crippen LogP contribution in [0.1, 0.15) is 11.1 Å². The highest BCUT2D eigenvalue weighted by Gasteiger charge is 2.05. The first-order chi connectivity index (χ1) is 9.13. The molecule has 2 aromatic rings. The average molecular weight is 367 g/mol. The summed E-state index contributed by atoms with van der Waals surface area (Å²) < 4.78 is 7.30. The molecule has 1 heterocycles. The zero-order chi connectivity index (χ0) is 13.8. The fourth-order valence-corrected chi connectivity index (χ4v) is 2.02. The Morgan fingerprint density at radius 2 is 2.26 bits per heavy atom. The molecule has 0 amide bonds. The maximum absolute atomic E-state index is 11.7. The summed E-state index contributed by atoms with van der Waals surface area (Å²) in [6.07, 6.45) is 1.63. The van der Waals surface area contributed by atoms with Crippen molar-refractivity contribution in [3.8, 4) is 11.8 Å². The summed E-state index contributed by atoms with van der Waals surface area (Å²) in [6.45, 7) is 0.345. The van der Waals surface area contributed by atoms with E-state index in [1.165, 1.54) is 17.9 Å². The number of ether oxygens (including phenoxy) is 1. The first-order valence-corrected chi connectivity index (χ1v) is 6.51. The van der Waals surface area contributed by atoms with Gasteiger partial charge in [-0.05, 0) is 40.3 Å². The standard InChI is InChI=1S/C13H10IN3O2/c1-19-12-4-9(2-3-10(12)6-15)8-17-13(18)5-11(14)7-16-17/h2-5,7H,8H2,1H3. The van der Waals surface area contributed by atoms with E-state index < -0.39 is 0 Å². The zero-order valence-electron chi connectivity index (χ0n) is 10.1. The van der Waals surface area contributed by atoms with Gasteiger partial charge in [-0.1, -0.05) is 6.07 Å². The summed E-state index contributed by atoms with van der Waals surface area (Å²) in [5.74, 6) is 0.499. The van der Waals surface area contributed by atoms with Crippen LogP contribution in [0, 0.1) is 14.9 Å². The molecule has 0 bridgehead atoms. The third kappa shape index (κ3) is 3.12. The minimum Gasteiger partial charge on any atom is -0.495 e. The van der Waals surface area contributed by atoms with Crippen molar-refractivity contribution in [1.29, 1.82) is 5.26 Å². The number of nitriles is 1. The first kappa shape index (κ1) is 13.5. The Labute approximate surface area is 123 Å². The van der Waals surface area contributed by atoms with Gasteiger partial charge in [0, 0.05) is 9.64 Å². The highest BCUT2D eigenvalue weighted by atomic mass is 127. The molecule has 0 spiro atoms. The van der Waals surface area contributed by atoms with Gasteiger partial charge in [-0.3, -0.25) is 4.79 Å². The van der Waals surface area contributed by atoms with Crippen LogP contribution in [0.3, 0.4) is 0 Å². The second kappa shape index (κ2) is 5.84. The van der Waals surface area contributed by atoms with E-state index in [9.17, 15) is 4.79 Å². The minimum absolute atomic E-state index is 0.157. The summed E-state index contributed by atoms with van der Waals surface area (Å²) >= 11 is 2.04. The second-order valence-electron chi connectivity index (χ2n) is 3.82. The number of benzene rings is 1. The summed E-state index contributed by atoms with van der Waals surface area (Å²) in [4.78, 5) is 11.7. The monoisotopic (exact) mass is 367 g/mol. The van der Waals surface area contributed by atoms with Gasteiger partial charge in [-0.2, -0.15) is 10.4 Å². The molecule has 0 saturated heterocycles. The predicted molar refractivity (Wildman–Crippen MR) is 78.0 cm³/mol. The van der Waals surface area contributed by atoms with Crippen molar-refractivity contribution in [2.75, 3.05) is 7.11 Å². The SMILES string of the molecule is COc1cc(Cn2ncc(I)cc2=O)ccc1C#N. The van der Waals surface area contributed by atoms with Gasteiger partial charge in [0.2, 0.25) is 0 Å². The van der Waals surface area contributed by atoms with Gasteiger partial charge >= 0.3 is 0 Å². The van der Waals surface area contributed by atoms with E-state index in [0.717, 1.165) is 9.13 Å². The van der Waals surface area contributed by atoms with Crippen molar-refractivity contribution in [2.45, 2.75) is 6.54 Å². The molecule has 2 rings (SSSR count). The van der Waals surface area contributed by atoms with E-state index in [0.29, 0.717) is 17.9 Å². The summed E-state index contributed by atoms with van der Waals surface area (Å²) in [5, 5.41) is 13.0. The number of aromatic nitrogens is 2. The molecule has 19 heavy (non-hydrogen) atoms. The van der Waals surface area contributed by atoms with Crippen LogP contribution in [0.15, 0.2) is 35.3 Å².